The second-order valence-corrected chi connectivity index (χ2v) is 7.82. The van der Waals surface area contributed by atoms with Gasteiger partial charge in [0.1, 0.15) is 17.2 Å². The van der Waals surface area contributed by atoms with Crippen molar-refractivity contribution in [2.75, 3.05) is 21.3 Å². The van der Waals surface area contributed by atoms with Crippen LogP contribution in [0.4, 0.5) is 0 Å². The molecule has 2 aromatic rings. The molecule has 0 amide bonds. The largest absolute Gasteiger partial charge is 0.497 e. The van der Waals surface area contributed by atoms with Crippen LogP contribution < -0.4 is 18.4 Å². The molecule has 170 valence electrons. The summed E-state index contributed by atoms with van der Waals surface area (Å²) < 4.78 is 52.3. The molecule has 0 saturated carbocycles. The van der Waals surface area contributed by atoms with Gasteiger partial charge in [0.05, 0.1) is 43.6 Å². The molecule has 2 aromatic carbocycles. The molecule has 0 radical (unpaired) electrons. The minimum atomic E-state index is -5.06. The third-order valence-corrected chi connectivity index (χ3v) is 5.27. The number of benzene rings is 2. The van der Waals surface area contributed by atoms with E-state index in [1.807, 2.05) is 0 Å². The van der Waals surface area contributed by atoms with E-state index in [4.69, 9.17) is 14.2 Å². The highest BCUT2D eigenvalue weighted by Crippen LogP contribution is 2.44. The van der Waals surface area contributed by atoms with Crippen LogP contribution in [0.5, 0.6) is 23.0 Å². The highest BCUT2D eigenvalue weighted by atomic mass is 32.3. The summed E-state index contributed by atoms with van der Waals surface area (Å²) in [6.07, 6.45) is 0.293. The number of hydrogen-bond acceptors (Lipinski definition) is 9. The van der Waals surface area contributed by atoms with Gasteiger partial charge in [-0.3, -0.25) is 18.9 Å². The Morgan fingerprint density at radius 1 is 0.875 bits per heavy atom. The van der Waals surface area contributed by atoms with Crippen LogP contribution in [0.3, 0.4) is 0 Å². The molecular weight excluding hydrogens is 444 g/mol. The van der Waals surface area contributed by atoms with Gasteiger partial charge in [0.25, 0.3) is 0 Å². The molecule has 0 aromatic heterocycles. The summed E-state index contributed by atoms with van der Waals surface area (Å²) in [5.74, 6) is -2.62. The fourth-order valence-electron chi connectivity index (χ4n) is 3.60. The molecule has 0 spiro atoms. The lowest BCUT2D eigenvalue weighted by atomic mass is 9.79. The van der Waals surface area contributed by atoms with E-state index in [9.17, 15) is 27.4 Å². The Bertz CT molecular complexity index is 1240. The second kappa shape index (κ2) is 8.60. The number of rotatable bonds is 8. The van der Waals surface area contributed by atoms with E-state index >= 15 is 0 Å². The Morgan fingerprint density at radius 2 is 1.50 bits per heavy atom. The molecule has 3 rings (SSSR count). The highest BCUT2D eigenvalue weighted by molar-refractivity contribution is 7.81. The monoisotopic (exact) mass is 464 g/mol. The number of carbonyl (C=O) groups is 3. The summed E-state index contributed by atoms with van der Waals surface area (Å²) in [5.41, 5.74) is -1.22. The van der Waals surface area contributed by atoms with Gasteiger partial charge in [-0.15, -0.1) is 0 Å². The van der Waals surface area contributed by atoms with E-state index in [1.54, 1.807) is 6.92 Å². The van der Waals surface area contributed by atoms with Crippen LogP contribution in [-0.2, 0) is 10.4 Å². The quantitative estimate of drug-likeness (QED) is 0.390. The first kappa shape index (κ1) is 23.2. The van der Waals surface area contributed by atoms with Crippen molar-refractivity contribution in [3.63, 3.8) is 0 Å². The minimum Gasteiger partial charge on any atom is -0.497 e. The van der Waals surface area contributed by atoms with Gasteiger partial charge in [-0.2, -0.15) is 8.42 Å². The SMILES string of the molecule is CCCC(=O)c1c(OS(=O)(=O)O)cc(OC)c2c1C(=O)c1cc(OC)cc(OC)c1C2=O. The topological polar surface area (TPSA) is 142 Å². The second-order valence-electron chi connectivity index (χ2n) is 6.80. The first-order valence-electron chi connectivity index (χ1n) is 9.38. The maximum atomic E-state index is 13.6. The van der Waals surface area contributed by atoms with Gasteiger partial charge in [0.15, 0.2) is 17.3 Å². The lowest BCUT2D eigenvalue weighted by Crippen LogP contribution is -2.26. The summed E-state index contributed by atoms with van der Waals surface area (Å²) in [6.45, 7) is 1.70. The predicted molar refractivity (Wildman–Crippen MR) is 111 cm³/mol. The fourth-order valence-corrected chi connectivity index (χ4v) is 3.96. The van der Waals surface area contributed by atoms with Crippen molar-refractivity contribution in [1.29, 1.82) is 0 Å². The van der Waals surface area contributed by atoms with Crippen molar-refractivity contribution in [2.24, 2.45) is 0 Å². The molecule has 32 heavy (non-hydrogen) atoms. The van der Waals surface area contributed by atoms with Crippen LogP contribution in [0.1, 0.15) is 62.0 Å². The first-order valence-corrected chi connectivity index (χ1v) is 10.7. The summed E-state index contributed by atoms with van der Waals surface area (Å²) in [5, 5.41) is 0. The maximum absolute atomic E-state index is 13.6. The first-order chi connectivity index (χ1) is 15.1. The van der Waals surface area contributed by atoms with Crippen molar-refractivity contribution in [2.45, 2.75) is 19.8 Å². The van der Waals surface area contributed by atoms with E-state index < -0.39 is 39.1 Å². The van der Waals surface area contributed by atoms with E-state index in [-0.39, 0.29) is 45.9 Å². The van der Waals surface area contributed by atoms with Gasteiger partial charge in [-0.05, 0) is 12.5 Å². The van der Waals surface area contributed by atoms with Crippen molar-refractivity contribution < 1.29 is 45.7 Å². The summed E-state index contributed by atoms with van der Waals surface area (Å²) >= 11 is 0. The fraction of sp³-hybridized carbons (Fsp3) is 0.286. The van der Waals surface area contributed by atoms with Crippen LogP contribution in [-0.4, -0.2) is 51.6 Å². The van der Waals surface area contributed by atoms with Crippen molar-refractivity contribution in [3.8, 4) is 23.0 Å². The average molecular weight is 464 g/mol. The smallest absolute Gasteiger partial charge is 0.446 e. The van der Waals surface area contributed by atoms with Crippen molar-refractivity contribution >= 4 is 27.7 Å². The predicted octanol–water partition coefficient (Wildman–Crippen LogP) is 2.65. The van der Waals surface area contributed by atoms with Gasteiger partial charge in [-0.1, -0.05) is 6.92 Å². The molecular formula is C21H20O10S. The zero-order chi connectivity index (χ0) is 23.8. The van der Waals surface area contributed by atoms with E-state index in [2.05, 4.69) is 4.18 Å². The number of hydrogen-bond donors (Lipinski definition) is 1. The van der Waals surface area contributed by atoms with Crippen LogP contribution in [0.2, 0.25) is 0 Å². The maximum Gasteiger partial charge on any atom is 0.446 e. The molecule has 11 heteroatoms. The third kappa shape index (κ3) is 3.92. The Kier molecular flexibility index (Phi) is 6.24. The van der Waals surface area contributed by atoms with Crippen LogP contribution >= 0.6 is 0 Å². The number of carbonyl (C=O) groups excluding carboxylic acids is 3. The van der Waals surface area contributed by atoms with E-state index in [1.165, 1.54) is 33.5 Å². The summed E-state index contributed by atoms with van der Waals surface area (Å²) in [7, 11) is -1.18. The normalized spacial score (nSPS) is 12.7. The molecule has 1 N–H and O–H groups in total. The van der Waals surface area contributed by atoms with Crippen LogP contribution in [0.25, 0.3) is 0 Å². The molecule has 10 nitrogen and oxygen atoms in total. The standard InChI is InChI=1S/C21H20O10S/c1-5-6-12(22)17-15(31-32(25,26)27)9-14(30-4)18-19(17)20(23)11-7-10(28-2)8-13(29-3)16(11)21(18)24/h7-9H,5-6H2,1-4H3,(H,25,26,27). The molecule has 0 unspecified atom stereocenters. The van der Waals surface area contributed by atoms with Gasteiger partial charge in [-0.25, -0.2) is 0 Å². The average Bonchev–Trinajstić information content (AvgIpc) is 2.74. The molecule has 0 saturated heterocycles. The van der Waals surface area contributed by atoms with E-state index in [0.29, 0.717) is 6.42 Å². The van der Waals surface area contributed by atoms with Crippen molar-refractivity contribution in [3.05, 3.63) is 46.0 Å². The third-order valence-electron chi connectivity index (χ3n) is 4.88. The van der Waals surface area contributed by atoms with Crippen LogP contribution in [0, 0.1) is 0 Å². The van der Waals surface area contributed by atoms with Gasteiger partial charge < -0.3 is 18.4 Å². The minimum absolute atomic E-state index is 0.0542. The summed E-state index contributed by atoms with van der Waals surface area (Å²) in [6, 6.07) is 3.72. The molecule has 0 aliphatic heterocycles. The van der Waals surface area contributed by atoms with Gasteiger partial charge in [0.2, 0.25) is 5.78 Å². The van der Waals surface area contributed by atoms with E-state index in [0.717, 1.165) is 6.07 Å². The Morgan fingerprint density at radius 3 is 2.03 bits per heavy atom. The van der Waals surface area contributed by atoms with Gasteiger partial charge >= 0.3 is 10.4 Å². The number of fused-ring (bicyclic) bond motifs is 2. The Labute approximate surface area is 184 Å². The molecule has 0 bridgehead atoms. The lowest BCUT2D eigenvalue weighted by molar-refractivity contribution is 0.0952. The number of ether oxygens (including phenoxy) is 3. The lowest BCUT2D eigenvalue weighted by Gasteiger charge is -2.25. The molecule has 1 aliphatic carbocycles. The highest BCUT2D eigenvalue weighted by Gasteiger charge is 2.40. The van der Waals surface area contributed by atoms with Gasteiger partial charge in [0, 0.05) is 24.1 Å². The zero-order valence-electron chi connectivity index (χ0n) is 17.7. The molecule has 0 heterocycles. The molecule has 1 aliphatic rings. The number of Topliss-reactive ketones (excluding diaryl/α,β-unsaturated/α-hetero) is 1. The Balaban J connectivity index is 2.45. The van der Waals surface area contributed by atoms with Crippen LogP contribution in [0.15, 0.2) is 18.2 Å². The zero-order valence-corrected chi connectivity index (χ0v) is 18.5. The number of methoxy groups -OCH3 is 3. The van der Waals surface area contributed by atoms with Crippen molar-refractivity contribution in [1.82, 2.24) is 0 Å². The molecule has 0 fully saturated rings. The summed E-state index contributed by atoms with van der Waals surface area (Å²) in [4.78, 5) is 40.0. The Hall–Kier alpha value is -3.44. The number of ketones is 3. The molecule has 0 atom stereocenters.